The van der Waals surface area contributed by atoms with E-state index in [1.807, 2.05) is 0 Å². The van der Waals surface area contributed by atoms with E-state index in [1.165, 1.54) is 0 Å². The quantitative estimate of drug-likeness (QED) is 0.495. The van der Waals surface area contributed by atoms with E-state index in [-0.39, 0.29) is 0 Å². The van der Waals surface area contributed by atoms with Crippen molar-refractivity contribution in [2.45, 2.75) is 12.8 Å². The minimum Gasteiger partial charge on any atom is -0.396 e. The van der Waals surface area contributed by atoms with Crippen molar-refractivity contribution in [3.8, 4) is 0 Å². The summed E-state index contributed by atoms with van der Waals surface area (Å²) in [5.74, 6) is 1.32. The summed E-state index contributed by atoms with van der Waals surface area (Å²) < 4.78 is 10.9. The van der Waals surface area contributed by atoms with E-state index in [4.69, 9.17) is 10.6 Å². The Labute approximate surface area is 74.6 Å². The summed E-state index contributed by atoms with van der Waals surface area (Å²) >= 11 is 0. The molecule has 1 atom stereocenters. The van der Waals surface area contributed by atoms with Crippen LogP contribution >= 0.6 is 0 Å². The Bertz CT molecular complexity index is 194. The van der Waals surface area contributed by atoms with E-state index in [9.17, 15) is 4.21 Å². The standard InChI is InChI=1S/C7H14N2O2S/c8-3-1-4-11-9-7-2-5-12(10)6-7/h1-6,8H2/b9-7+. The van der Waals surface area contributed by atoms with Crippen molar-refractivity contribution < 1.29 is 9.05 Å². The molecule has 0 radical (unpaired) electrons. The molecular weight excluding hydrogens is 176 g/mol. The molecule has 1 aliphatic heterocycles. The fourth-order valence-corrected chi connectivity index (χ4v) is 2.09. The van der Waals surface area contributed by atoms with Crippen LogP contribution in [0.3, 0.4) is 0 Å². The van der Waals surface area contributed by atoms with Crippen molar-refractivity contribution in [1.82, 2.24) is 0 Å². The fraction of sp³-hybridized carbons (Fsp3) is 0.857. The predicted octanol–water partition coefficient (Wildman–Crippen LogP) is -0.140. The van der Waals surface area contributed by atoms with Crippen LogP contribution in [0.25, 0.3) is 0 Å². The average molecular weight is 190 g/mol. The lowest BCUT2D eigenvalue weighted by atomic mass is 10.3. The molecule has 1 saturated heterocycles. The third kappa shape index (κ3) is 3.32. The molecule has 1 rings (SSSR count). The summed E-state index contributed by atoms with van der Waals surface area (Å²) in [7, 11) is -0.696. The van der Waals surface area contributed by atoms with Crippen LogP contribution in [-0.4, -0.2) is 34.6 Å². The van der Waals surface area contributed by atoms with Crippen molar-refractivity contribution in [3.05, 3.63) is 0 Å². The normalized spacial score (nSPS) is 26.4. The van der Waals surface area contributed by atoms with E-state index in [2.05, 4.69) is 5.16 Å². The van der Waals surface area contributed by atoms with E-state index in [0.717, 1.165) is 24.3 Å². The van der Waals surface area contributed by atoms with Gasteiger partial charge >= 0.3 is 0 Å². The second kappa shape index (κ2) is 5.27. The summed E-state index contributed by atoms with van der Waals surface area (Å²) in [4.78, 5) is 4.98. The molecule has 1 unspecified atom stereocenters. The van der Waals surface area contributed by atoms with Crippen LogP contribution in [0.15, 0.2) is 5.16 Å². The molecule has 0 aromatic rings. The summed E-state index contributed by atoms with van der Waals surface area (Å²) in [6.07, 6.45) is 1.63. The molecule has 12 heavy (non-hydrogen) atoms. The second-order valence-corrected chi connectivity index (χ2v) is 4.25. The molecule has 0 amide bonds. The van der Waals surface area contributed by atoms with Crippen molar-refractivity contribution in [2.24, 2.45) is 10.9 Å². The summed E-state index contributed by atoms with van der Waals surface area (Å²) in [5, 5.41) is 3.88. The van der Waals surface area contributed by atoms with Gasteiger partial charge < -0.3 is 10.6 Å². The molecule has 0 bridgehead atoms. The molecule has 0 saturated carbocycles. The maximum Gasteiger partial charge on any atom is 0.118 e. The number of hydrogen-bond acceptors (Lipinski definition) is 4. The lowest BCUT2D eigenvalue weighted by Crippen LogP contribution is -2.04. The minimum absolute atomic E-state index is 0.562. The molecule has 0 aromatic carbocycles. The van der Waals surface area contributed by atoms with Gasteiger partial charge in [0.15, 0.2) is 0 Å². The molecule has 4 nitrogen and oxygen atoms in total. The highest BCUT2D eigenvalue weighted by molar-refractivity contribution is 7.86. The molecule has 1 fully saturated rings. The smallest absolute Gasteiger partial charge is 0.118 e. The van der Waals surface area contributed by atoms with Gasteiger partial charge in [0.05, 0.1) is 11.5 Å². The summed E-state index contributed by atoms with van der Waals surface area (Å²) in [6, 6.07) is 0. The fourth-order valence-electron chi connectivity index (χ4n) is 0.919. The Morgan fingerprint density at radius 3 is 3.08 bits per heavy atom. The van der Waals surface area contributed by atoms with Gasteiger partial charge in [-0.25, -0.2) is 0 Å². The highest BCUT2D eigenvalue weighted by atomic mass is 32.2. The van der Waals surface area contributed by atoms with E-state index >= 15 is 0 Å². The zero-order valence-electron chi connectivity index (χ0n) is 6.99. The van der Waals surface area contributed by atoms with Crippen molar-refractivity contribution in [2.75, 3.05) is 24.7 Å². The molecule has 2 N–H and O–H groups in total. The summed E-state index contributed by atoms with van der Waals surface area (Å²) in [6.45, 7) is 1.18. The Kier molecular flexibility index (Phi) is 4.24. The maximum absolute atomic E-state index is 10.9. The first kappa shape index (κ1) is 9.67. The van der Waals surface area contributed by atoms with Gasteiger partial charge in [0.1, 0.15) is 6.61 Å². The number of nitrogens with zero attached hydrogens (tertiary/aromatic N) is 1. The highest BCUT2D eigenvalue weighted by Gasteiger charge is 2.15. The molecule has 1 aliphatic rings. The predicted molar refractivity (Wildman–Crippen MR) is 49.6 cm³/mol. The Hall–Kier alpha value is -0.420. The molecule has 0 spiro atoms. The largest absolute Gasteiger partial charge is 0.396 e. The minimum atomic E-state index is -0.696. The van der Waals surface area contributed by atoms with Crippen LogP contribution in [-0.2, 0) is 15.6 Å². The van der Waals surface area contributed by atoms with Gasteiger partial charge in [0.25, 0.3) is 0 Å². The number of oxime groups is 1. The van der Waals surface area contributed by atoms with Gasteiger partial charge in [-0.1, -0.05) is 5.16 Å². The molecule has 1 heterocycles. The third-order valence-corrected chi connectivity index (χ3v) is 2.89. The summed E-state index contributed by atoms with van der Waals surface area (Å²) in [5.41, 5.74) is 6.19. The first-order valence-corrected chi connectivity index (χ1v) is 5.54. The number of nitrogens with two attached hydrogens (primary N) is 1. The number of rotatable bonds is 4. The average Bonchev–Trinajstić information content (AvgIpc) is 2.45. The van der Waals surface area contributed by atoms with Gasteiger partial charge in [-0.3, -0.25) is 4.21 Å². The van der Waals surface area contributed by atoms with Crippen molar-refractivity contribution in [3.63, 3.8) is 0 Å². The van der Waals surface area contributed by atoms with Crippen molar-refractivity contribution >= 4 is 16.5 Å². The molecule has 70 valence electrons. The number of hydrogen-bond donors (Lipinski definition) is 1. The van der Waals surface area contributed by atoms with E-state index < -0.39 is 10.8 Å². The molecule has 0 aliphatic carbocycles. The van der Waals surface area contributed by atoms with Gasteiger partial charge in [0, 0.05) is 23.0 Å². The van der Waals surface area contributed by atoms with Gasteiger partial charge in [-0.05, 0) is 13.0 Å². The van der Waals surface area contributed by atoms with Crippen molar-refractivity contribution in [1.29, 1.82) is 0 Å². The molecule has 5 heteroatoms. The molecule has 0 aromatic heterocycles. The first-order chi connectivity index (χ1) is 5.83. The Balaban J connectivity index is 2.15. The SMILES string of the molecule is NCCCO/N=C1\CCS(=O)C1. The van der Waals surface area contributed by atoms with Crippen LogP contribution in [0, 0.1) is 0 Å². The third-order valence-electron chi connectivity index (χ3n) is 1.58. The van der Waals surface area contributed by atoms with E-state index in [0.29, 0.717) is 18.9 Å². The van der Waals surface area contributed by atoms with E-state index in [1.54, 1.807) is 0 Å². The first-order valence-electron chi connectivity index (χ1n) is 4.05. The zero-order valence-corrected chi connectivity index (χ0v) is 7.81. The van der Waals surface area contributed by atoms with Gasteiger partial charge in [-0.15, -0.1) is 0 Å². The van der Waals surface area contributed by atoms with Crippen LogP contribution in [0.1, 0.15) is 12.8 Å². The van der Waals surface area contributed by atoms with Gasteiger partial charge in [0.2, 0.25) is 0 Å². The highest BCUT2D eigenvalue weighted by Crippen LogP contribution is 2.04. The molecular formula is C7H14N2O2S. The van der Waals surface area contributed by atoms with Crippen LogP contribution < -0.4 is 5.73 Å². The lowest BCUT2D eigenvalue weighted by Gasteiger charge is -1.97. The zero-order chi connectivity index (χ0) is 8.81. The monoisotopic (exact) mass is 190 g/mol. The second-order valence-electron chi connectivity index (χ2n) is 2.67. The maximum atomic E-state index is 10.9. The van der Waals surface area contributed by atoms with Gasteiger partial charge in [-0.2, -0.15) is 0 Å². The topological polar surface area (TPSA) is 64.7 Å². The van der Waals surface area contributed by atoms with Crippen LogP contribution in [0.4, 0.5) is 0 Å². The van der Waals surface area contributed by atoms with Crippen LogP contribution in [0.5, 0.6) is 0 Å². The Morgan fingerprint density at radius 2 is 2.50 bits per heavy atom. The Morgan fingerprint density at radius 1 is 1.67 bits per heavy atom. The van der Waals surface area contributed by atoms with Crippen LogP contribution in [0.2, 0.25) is 0 Å². The lowest BCUT2D eigenvalue weighted by molar-refractivity contribution is 0.143.